The van der Waals surface area contributed by atoms with Gasteiger partial charge in [-0.05, 0) is 24.3 Å². The van der Waals surface area contributed by atoms with E-state index in [9.17, 15) is 9.59 Å². The first-order valence-corrected chi connectivity index (χ1v) is 6.42. The second kappa shape index (κ2) is 7.09. The van der Waals surface area contributed by atoms with Crippen molar-refractivity contribution in [3.05, 3.63) is 72.2 Å². The van der Waals surface area contributed by atoms with E-state index in [0.29, 0.717) is 24.2 Å². The average Bonchev–Trinajstić information content (AvgIpc) is 2.46. The Labute approximate surface area is 117 Å². The third kappa shape index (κ3) is 3.95. The van der Waals surface area contributed by atoms with Crippen LogP contribution in [0.25, 0.3) is 0 Å². The minimum absolute atomic E-state index is 0.000182. The summed E-state index contributed by atoms with van der Waals surface area (Å²) in [6.07, 6.45) is 17.1. The number of hydrogen-bond acceptors (Lipinski definition) is 4. The molecule has 0 aliphatic heterocycles. The second-order valence-corrected chi connectivity index (χ2v) is 4.27. The third-order valence-electron chi connectivity index (χ3n) is 2.77. The molecule has 0 amide bonds. The minimum Gasteiger partial charge on any atom is -0.389 e. The number of carbonyl (C=O) groups excluding carboxylic acids is 2. The summed E-state index contributed by atoms with van der Waals surface area (Å²) in [6.45, 7) is 1.32. The smallest absolute Gasteiger partial charge is 0.187 e. The van der Waals surface area contributed by atoms with Crippen molar-refractivity contribution in [3.63, 3.8) is 0 Å². The summed E-state index contributed by atoms with van der Waals surface area (Å²) in [5, 5.41) is 6.12. The van der Waals surface area contributed by atoms with E-state index in [1.807, 2.05) is 12.2 Å². The molecule has 0 aromatic heterocycles. The first-order valence-electron chi connectivity index (χ1n) is 6.42. The fraction of sp³-hybridized carbons (Fsp3) is 0.125. The number of hydrogen-bond donors (Lipinski definition) is 2. The summed E-state index contributed by atoms with van der Waals surface area (Å²) in [7, 11) is 0. The predicted molar refractivity (Wildman–Crippen MR) is 78.7 cm³/mol. The molecule has 0 aromatic rings. The van der Waals surface area contributed by atoms with Gasteiger partial charge in [-0.25, -0.2) is 0 Å². The molecule has 4 nitrogen and oxygen atoms in total. The van der Waals surface area contributed by atoms with Crippen LogP contribution in [0.1, 0.15) is 0 Å². The van der Waals surface area contributed by atoms with Crippen LogP contribution < -0.4 is 10.6 Å². The van der Waals surface area contributed by atoms with Crippen LogP contribution in [-0.4, -0.2) is 24.7 Å². The van der Waals surface area contributed by atoms with Crippen molar-refractivity contribution in [2.24, 2.45) is 0 Å². The molecule has 0 saturated carbocycles. The highest BCUT2D eigenvalue weighted by Crippen LogP contribution is 2.05. The van der Waals surface area contributed by atoms with Crippen molar-refractivity contribution in [3.8, 4) is 0 Å². The Morgan fingerprint density at radius 3 is 1.50 bits per heavy atom. The maximum atomic E-state index is 11.4. The standard InChI is InChI=1S/C16H16N2O2/c19-15-7-3-1-5-13(15)11-17-9-10-18-12-14-6-2-4-8-16(14)20/h1-8,11-12,17-18H,9-10H2/b13-11-,14-12-. The summed E-state index contributed by atoms with van der Waals surface area (Å²) in [4.78, 5) is 22.9. The molecule has 2 N–H and O–H groups in total. The van der Waals surface area contributed by atoms with Gasteiger partial charge in [-0.3, -0.25) is 9.59 Å². The molecular weight excluding hydrogens is 252 g/mol. The van der Waals surface area contributed by atoms with Gasteiger partial charge in [0.15, 0.2) is 11.6 Å². The fourth-order valence-electron chi connectivity index (χ4n) is 1.71. The van der Waals surface area contributed by atoms with E-state index in [1.54, 1.807) is 36.7 Å². The average molecular weight is 268 g/mol. The summed E-state index contributed by atoms with van der Waals surface area (Å²) >= 11 is 0. The van der Waals surface area contributed by atoms with Crippen LogP contribution in [0, 0.1) is 0 Å². The highest BCUT2D eigenvalue weighted by Gasteiger charge is 2.05. The van der Waals surface area contributed by atoms with Gasteiger partial charge in [0.25, 0.3) is 0 Å². The molecule has 102 valence electrons. The fourth-order valence-corrected chi connectivity index (χ4v) is 1.71. The lowest BCUT2D eigenvalue weighted by molar-refractivity contribution is -0.111. The molecule has 0 radical (unpaired) electrons. The molecule has 2 aliphatic carbocycles. The predicted octanol–water partition coefficient (Wildman–Crippen LogP) is 1.32. The van der Waals surface area contributed by atoms with E-state index >= 15 is 0 Å². The van der Waals surface area contributed by atoms with Crippen molar-refractivity contribution < 1.29 is 9.59 Å². The molecule has 0 heterocycles. The largest absolute Gasteiger partial charge is 0.389 e. The van der Waals surface area contributed by atoms with E-state index in [0.717, 1.165) is 0 Å². The lowest BCUT2D eigenvalue weighted by atomic mass is 10.1. The van der Waals surface area contributed by atoms with E-state index in [-0.39, 0.29) is 11.6 Å². The molecule has 2 rings (SSSR count). The van der Waals surface area contributed by atoms with Crippen molar-refractivity contribution in [2.45, 2.75) is 0 Å². The van der Waals surface area contributed by atoms with Gasteiger partial charge < -0.3 is 10.6 Å². The second-order valence-electron chi connectivity index (χ2n) is 4.27. The molecule has 4 heteroatoms. The Balaban J connectivity index is 1.70. The van der Waals surface area contributed by atoms with Crippen LogP contribution in [-0.2, 0) is 9.59 Å². The maximum absolute atomic E-state index is 11.4. The lowest BCUT2D eigenvalue weighted by Gasteiger charge is -2.06. The van der Waals surface area contributed by atoms with Gasteiger partial charge in [0.05, 0.1) is 0 Å². The lowest BCUT2D eigenvalue weighted by Crippen LogP contribution is -2.22. The van der Waals surface area contributed by atoms with Gasteiger partial charge >= 0.3 is 0 Å². The van der Waals surface area contributed by atoms with Crippen molar-refractivity contribution >= 4 is 11.6 Å². The normalized spacial score (nSPS) is 21.0. The van der Waals surface area contributed by atoms with Crippen LogP contribution in [0.15, 0.2) is 72.2 Å². The van der Waals surface area contributed by atoms with E-state index in [4.69, 9.17) is 0 Å². The third-order valence-corrected chi connectivity index (χ3v) is 2.77. The molecule has 0 spiro atoms. The Kier molecular flexibility index (Phi) is 4.89. The SMILES string of the molecule is O=C1C=CC=C/C1=C/NCCN/C=C1/C=CC=CC1=O. The van der Waals surface area contributed by atoms with E-state index < -0.39 is 0 Å². The van der Waals surface area contributed by atoms with Crippen LogP contribution >= 0.6 is 0 Å². The zero-order chi connectivity index (χ0) is 14.2. The minimum atomic E-state index is -0.000182. The summed E-state index contributed by atoms with van der Waals surface area (Å²) in [6, 6.07) is 0. The van der Waals surface area contributed by atoms with Gasteiger partial charge in [-0.15, -0.1) is 0 Å². The summed E-state index contributed by atoms with van der Waals surface area (Å²) in [5.41, 5.74) is 1.28. The summed E-state index contributed by atoms with van der Waals surface area (Å²) < 4.78 is 0. The molecule has 20 heavy (non-hydrogen) atoms. The van der Waals surface area contributed by atoms with Crippen molar-refractivity contribution in [1.82, 2.24) is 10.6 Å². The molecule has 0 saturated heterocycles. The molecule has 0 atom stereocenters. The van der Waals surface area contributed by atoms with Gasteiger partial charge in [-0.1, -0.05) is 24.3 Å². The zero-order valence-corrected chi connectivity index (χ0v) is 11.0. The van der Waals surface area contributed by atoms with E-state index in [1.165, 1.54) is 12.2 Å². The van der Waals surface area contributed by atoms with Crippen LogP contribution in [0.3, 0.4) is 0 Å². The molecule has 0 aromatic carbocycles. The Morgan fingerprint density at radius 1 is 0.700 bits per heavy atom. The number of ketones is 2. The van der Waals surface area contributed by atoms with Crippen molar-refractivity contribution in [1.29, 1.82) is 0 Å². The summed E-state index contributed by atoms with van der Waals surface area (Å²) in [5.74, 6) is -0.000363. The van der Waals surface area contributed by atoms with E-state index in [2.05, 4.69) is 10.6 Å². The highest BCUT2D eigenvalue weighted by atomic mass is 16.1. The van der Waals surface area contributed by atoms with Gasteiger partial charge in [0, 0.05) is 36.6 Å². The molecular formula is C16H16N2O2. The Hall–Kier alpha value is -2.62. The Morgan fingerprint density at radius 2 is 1.10 bits per heavy atom. The highest BCUT2D eigenvalue weighted by molar-refractivity contribution is 6.07. The quantitative estimate of drug-likeness (QED) is 0.583. The molecule has 0 fully saturated rings. The number of rotatable bonds is 5. The Bertz CT molecular complexity index is 523. The van der Waals surface area contributed by atoms with Crippen LogP contribution in [0.5, 0.6) is 0 Å². The number of carbonyl (C=O) groups is 2. The van der Waals surface area contributed by atoms with Crippen LogP contribution in [0.4, 0.5) is 0 Å². The first-order chi connectivity index (χ1) is 9.77. The van der Waals surface area contributed by atoms with Gasteiger partial charge in [0.1, 0.15) is 0 Å². The number of allylic oxidation sites excluding steroid dienone is 10. The number of nitrogens with one attached hydrogen (secondary N) is 2. The van der Waals surface area contributed by atoms with Gasteiger partial charge in [-0.2, -0.15) is 0 Å². The van der Waals surface area contributed by atoms with Crippen molar-refractivity contribution in [2.75, 3.05) is 13.1 Å². The maximum Gasteiger partial charge on any atom is 0.187 e. The molecule has 2 aliphatic rings. The zero-order valence-electron chi connectivity index (χ0n) is 11.0. The van der Waals surface area contributed by atoms with Crippen LogP contribution in [0.2, 0.25) is 0 Å². The van der Waals surface area contributed by atoms with Gasteiger partial charge in [0.2, 0.25) is 0 Å². The monoisotopic (exact) mass is 268 g/mol. The first kappa shape index (κ1) is 13.8. The molecule has 0 bridgehead atoms. The topological polar surface area (TPSA) is 58.2 Å². The molecule has 0 unspecified atom stereocenters.